The van der Waals surface area contributed by atoms with E-state index in [1.165, 1.54) is 5.56 Å². The molecule has 1 fully saturated rings. The molecule has 1 amide bonds. The Morgan fingerprint density at radius 1 is 1.53 bits per heavy atom. The van der Waals surface area contributed by atoms with E-state index in [2.05, 4.69) is 15.9 Å². The minimum atomic E-state index is -0.0642. The van der Waals surface area contributed by atoms with E-state index in [0.29, 0.717) is 13.0 Å². The van der Waals surface area contributed by atoms with Gasteiger partial charge in [-0.1, -0.05) is 6.07 Å². The first kappa shape index (κ1) is 11.0. The predicted octanol–water partition coefficient (Wildman–Crippen LogP) is 3.10. The number of carbonyl (C=O) groups excluding carboxylic acids is 1. The van der Waals surface area contributed by atoms with Gasteiger partial charge in [-0.3, -0.25) is 4.79 Å². The molecule has 1 aromatic rings. The summed E-state index contributed by atoms with van der Waals surface area (Å²) < 4.78 is 0.946. The van der Waals surface area contributed by atoms with E-state index in [-0.39, 0.29) is 11.3 Å². The quantitative estimate of drug-likeness (QED) is 0.727. The fourth-order valence-electron chi connectivity index (χ4n) is 1.73. The van der Waals surface area contributed by atoms with Gasteiger partial charge in [0.05, 0.1) is 11.1 Å². The minimum Gasteiger partial charge on any atom is -0.310 e. The molecule has 0 bridgehead atoms. The van der Waals surface area contributed by atoms with Crippen molar-refractivity contribution in [3.63, 3.8) is 0 Å². The molecule has 2 nitrogen and oxygen atoms in total. The van der Waals surface area contributed by atoms with Crippen LogP contribution in [0.15, 0.2) is 22.7 Å². The van der Waals surface area contributed by atoms with E-state index < -0.39 is 0 Å². The van der Waals surface area contributed by atoms with Gasteiger partial charge in [0.1, 0.15) is 0 Å². The van der Waals surface area contributed by atoms with Crippen LogP contribution in [0.2, 0.25) is 0 Å². The highest BCUT2D eigenvalue weighted by molar-refractivity contribution is 9.10. The Morgan fingerprint density at radius 3 is 2.80 bits per heavy atom. The van der Waals surface area contributed by atoms with E-state index in [1.54, 1.807) is 4.90 Å². The predicted molar refractivity (Wildman–Crippen MR) is 65.5 cm³/mol. The molecule has 0 spiro atoms. The molecule has 1 saturated heterocycles. The van der Waals surface area contributed by atoms with Gasteiger partial charge >= 0.3 is 0 Å². The lowest BCUT2D eigenvalue weighted by Gasteiger charge is -2.17. The Balaban J connectivity index is 2.34. The molecule has 1 atom stereocenters. The second-order valence-corrected chi connectivity index (χ2v) is 5.23. The van der Waals surface area contributed by atoms with Crippen LogP contribution in [0.3, 0.4) is 0 Å². The molecule has 4 heteroatoms. The number of alkyl halides is 1. The van der Waals surface area contributed by atoms with Crippen LogP contribution in [0.4, 0.5) is 5.69 Å². The van der Waals surface area contributed by atoms with Crippen LogP contribution in [0.1, 0.15) is 12.0 Å². The highest BCUT2D eigenvalue weighted by Gasteiger charge is 2.29. The van der Waals surface area contributed by atoms with Crippen LogP contribution < -0.4 is 4.90 Å². The monoisotopic (exact) mass is 287 g/mol. The highest BCUT2D eigenvalue weighted by atomic mass is 79.9. The lowest BCUT2D eigenvalue weighted by Crippen LogP contribution is -2.24. The summed E-state index contributed by atoms with van der Waals surface area (Å²) in [5.41, 5.74) is 2.08. The van der Waals surface area contributed by atoms with Crippen molar-refractivity contribution in [2.75, 3.05) is 11.4 Å². The zero-order chi connectivity index (χ0) is 11.0. The van der Waals surface area contributed by atoms with Crippen molar-refractivity contribution >= 4 is 39.1 Å². The molecule has 2 rings (SSSR count). The molecular weight excluding hydrogens is 277 g/mol. The van der Waals surface area contributed by atoms with E-state index >= 15 is 0 Å². The number of benzene rings is 1. The normalized spacial score (nSPS) is 21.1. The number of halogens is 2. The molecule has 0 aromatic heterocycles. The van der Waals surface area contributed by atoms with Gasteiger partial charge in [0.2, 0.25) is 5.91 Å². The molecule has 0 radical (unpaired) electrons. The van der Waals surface area contributed by atoms with Crippen LogP contribution in [-0.2, 0) is 4.79 Å². The van der Waals surface area contributed by atoms with Crippen LogP contribution in [0.25, 0.3) is 0 Å². The number of carbonyl (C=O) groups is 1. The van der Waals surface area contributed by atoms with Gasteiger partial charge in [0, 0.05) is 17.4 Å². The van der Waals surface area contributed by atoms with Crippen molar-refractivity contribution < 1.29 is 4.79 Å². The molecule has 80 valence electrons. The van der Waals surface area contributed by atoms with Gasteiger partial charge in [0.15, 0.2) is 0 Å². The van der Waals surface area contributed by atoms with Crippen LogP contribution >= 0.6 is 27.5 Å². The lowest BCUT2D eigenvalue weighted by atomic mass is 10.2. The summed E-state index contributed by atoms with van der Waals surface area (Å²) in [5.74, 6) is 0.0968. The first-order valence-corrected chi connectivity index (χ1v) is 6.01. The summed E-state index contributed by atoms with van der Waals surface area (Å²) in [5, 5.41) is -0.0642. The van der Waals surface area contributed by atoms with Crippen molar-refractivity contribution in [2.45, 2.75) is 18.7 Å². The Hall–Kier alpha value is -0.540. The van der Waals surface area contributed by atoms with Crippen molar-refractivity contribution in [3.05, 3.63) is 28.2 Å². The Bertz CT molecular complexity index is 408. The number of hydrogen-bond donors (Lipinski definition) is 0. The Morgan fingerprint density at radius 2 is 2.27 bits per heavy atom. The molecule has 1 aliphatic rings. The molecule has 1 aromatic carbocycles. The minimum absolute atomic E-state index is 0.0642. The van der Waals surface area contributed by atoms with Gasteiger partial charge in [-0.05, 0) is 40.5 Å². The molecule has 0 N–H and O–H groups in total. The van der Waals surface area contributed by atoms with Crippen molar-refractivity contribution in [1.82, 2.24) is 0 Å². The summed E-state index contributed by atoms with van der Waals surface area (Å²) in [6.07, 6.45) is 0.432. The maximum atomic E-state index is 11.6. The van der Waals surface area contributed by atoms with Gasteiger partial charge in [-0.15, -0.1) is 11.6 Å². The molecule has 0 saturated carbocycles. The fourth-order valence-corrected chi connectivity index (χ4v) is 2.70. The van der Waals surface area contributed by atoms with Crippen LogP contribution in [-0.4, -0.2) is 17.8 Å². The van der Waals surface area contributed by atoms with E-state index in [4.69, 9.17) is 11.6 Å². The maximum Gasteiger partial charge on any atom is 0.228 e. The summed E-state index contributed by atoms with van der Waals surface area (Å²) in [6, 6.07) is 5.95. The maximum absolute atomic E-state index is 11.6. The average Bonchev–Trinajstić information content (AvgIpc) is 2.45. The van der Waals surface area contributed by atoms with Gasteiger partial charge in [0.25, 0.3) is 0 Å². The smallest absolute Gasteiger partial charge is 0.228 e. The van der Waals surface area contributed by atoms with Crippen molar-refractivity contribution in [2.24, 2.45) is 0 Å². The zero-order valence-electron chi connectivity index (χ0n) is 8.34. The first-order chi connectivity index (χ1) is 7.08. The van der Waals surface area contributed by atoms with Gasteiger partial charge in [-0.2, -0.15) is 0 Å². The Kier molecular flexibility index (Phi) is 3.03. The summed E-state index contributed by atoms with van der Waals surface area (Å²) in [6.45, 7) is 2.62. The molecular formula is C11H11BrClNO. The fraction of sp³-hybridized carbons (Fsp3) is 0.364. The number of rotatable bonds is 1. The van der Waals surface area contributed by atoms with Crippen LogP contribution in [0, 0.1) is 6.92 Å². The third kappa shape index (κ3) is 2.18. The van der Waals surface area contributed by atoms with Crippen molar-refractivity contribution in [3.8, 4) is 0 Å². The second kappa shape index (κ2) is 4.14. The van der Waals surface area contributed by atoms with Crippen molar-refractivity contribution in [1.29, 1.82) is 0 Å². The van der Waals surface area contributed by atoms with Gasteiger partial charge in [-0.25, -0.2) is 0 Å². The average molecular weight is 289 g/mol. The third-order valence-electron chi connectivity index (χ3n) is 2.47. The number of anilines is 1. The second-order valence-electron chi connectivity index (χ2n) is 3.76. The summed E-state index contributed by atoms with van der Waals surface area (Å²) >= 11 is 9.43. The number of aryl methyl sites for hydroxylation is 1. The lowest BCUT2D eigenvalue weighted by molar-refractivity contribution is -0.117. The topological polar surface area (TPSA) is 20.3 Å². The van der Waals surface area contributed by atoms with Crippen LogP contribution in [0.5, 0.6) is 0 Å². The molecule has 1 aliphatic heterocycles. The van der Waals surface area contributed by atoms with E-state index in [9.17, 15) is 4.79 Å². The first-order valence-electron chi connectivity index (χ1n) is 4.78. The molecule has 1 unspecified atom stereocenters. The highest BCUT2D eigenvalue weighted by Crippen LogP contribution is 2.31. The van der Waals surface area contributed by atoms with E-state index in [1.807, 2.05) is 25.1 Å². The largest absolute Gasteiger partial charge is 0.310 e. The number of amides is 1. The van der Waals surface area contributed by atoms with Gasteiger partial charge < -0.3 is 4.90 Å². The standard InChI is InChI=1S/C11H11BrClNO/c1-7-2-3-10(9(12)4-7)14-6-8(13)5-11(14)15/h2-4,8H,5-6H2,1H3. The molecule has 15 heavy (non-hydrogen) atoms. The summed E-state index contributed by atoms with van der Waals surface area (Å²) in [7, 11) is 0. The zero-order valence-corrected chi connectivity index (χ0v) is 10.7. The SMILES string of the molecule is Cc1ccc(N2CC(Cl)CC2=O)c(Br)c1. The number of hydrogen-bond acceptors (Lipinski definition) is 1. The third-order valence-corrected chi connectivity index (χ3v) is 3.40. The molecule has 0 aliphatic carbocycles. The molecule has 1 heterocycles. The number of nitrogens with zero attached hydrogens (tertiary/aromatic N) is 1. The van der Waals surface area contributed by atoms with E-state index in [0.717, 1.165) is 10.2 Å². The Labute approximate surface area is 102 Å². The summed E-state index contributed by atoms with van der Waals surface area (Å²) in [4.78, 5) is 13.4.